The first-order valence-electron chi connectivity index (χ1n) is 5.02. The molecule has 0 spiro atoms. The lowest BCUT2D eigenvalue weighted by atomic mass is 10.1. The third-order valence-corrected chi connectivity index (χ3v) is 3.14. The fourth-order valence-corrected chi connectivity index (χ4v) is 2.09. The summed E-state index contributed by atoms with van der Waals surface area (Å²) in [6.45, 7) is 0. The van der Waals surface area contributed by atoms with Crippen LogP contribution in [0.5, 0.6) is 0 Å². The first-order chi connectivity index (χ1) is 7.84. The van der Waals surface area contributed by atoms with E-state index in [9.17, 15) is 0 Å². The molecule has 0 saturated heterocycles. The van der Waals surface area contributed by atoms with Gasteiger partial charge >= 0.3 is 0 Å². The summed E-state index contributed by atoms with van der Waals surface area (Å²) in [5, 5.41) is 1.16. The summed E-state index contributed by atoms with van der Waals surface area (Å²) < 4.78 is 1.09. The van der Waals surface area contributed by atoms with E-state index in [1.165, 1.54) is 11.1 Å². The number of pyridine rings is 1. The van der Waals surface area contributed by atoms with Gasteiger partial charge in [-0.05, 0) is 29.8 Å². The maximum atomic E-state index is 4.28. The number of aromatic amines is 1. The van der Waals surface area contributed by atoms with Gasteiger partial charge in [-0.25, -0.2) is 4.98 Å². The fourth-order valence-electron chi connectivity index (χ4n) is 1.82. The molecule has 0 fully saturated rings. The quantitative estimate of drug-likeness (QED) is 0.713. The van der Waals surface area contributed by atoms with Gasteiger partial charge in [0.05, 0.1) is 0 Å². The van der Waals surface area contributed by atoms with Crippen molar-refractivity contribution in [1.82, 2.24) is 9.97 Å². The van der Waals surface area contributed by atoms with Crippen molar-refractivity contribution in [2.75, 3.05) is 0 Å². The van der Waals surface area contributed by atoms with Gasteiger partial charge in [-0.3, -0.25) is 0 Å². The summed E-state index contributed by atoms with van der Waals surface area (Å²) >= 11 is 3.44. The molecule has 78 valence electrons. The van der Waals surface area contributed by atoms with Crippen LogP contribution in [0.1, 0.15) is 0 Å². The van der Waals surface area contributed by atoms with Gasteiger partial charge in [-0.1, -0.05) is 28.1 Å². The van der Waals surface area contributed by atoms with Crippen LogP contribution >= 0.6 is 15.9 Å². The Bertz CT molecular complexity index is 626. The van der Waals surface area contributed by atoms with E-state index in [4.69, 9.17) is 0 Å². The lowest BCUT2D eigenvalue weighted by Gasteiger charge is -1.99. The van der Waals surface area contributed by atoms with Gasteiger partial charge in [0.15, 0.2) is 0 Å². The molecule has 0 amide bonds. The normalized spacial score (nSPS) is 10.8. The Morgan fingerprint density at radius 1 is 1.06 bits per heavy atom. The summed E-state index contributed by atoms with van der Waals surface area (Å²) in [7, 11) is 0. The molecule has 0 saturated carbocycles. The van der Waals surface area contributed by atoms with Crippen LogP contribution in [0.15, 0.2) is 53.3 Å². The molecule has 2 heterocycles. The first-order valence-corrected chi connectivity index (χ1v) is 5.82. The van der Waals surface area contributed by atoms with Crippen molar-refractivity contribution in [1.29, 1.82) is 0 Å². The molecule has 0 unspecified atom stereocenters. The molecule has 3 rings (SSSR count). The van der Waals surface area contributed by atoms with Gasteiger partial charge < -0.3 is 4.98 Å². The first kappa shape index (κ1) is 9.60. The Hall–Kier alpha value is -1.61. The molecule has 0 bridgehead atoms. The van der Waals surface area contributed by atoms with Crippen LogP contribution in [0.3, 0.4) is 0 Å². The molecule has 2 nitrogen and oxygen atoms in total. The second-order valence-electron chi connectivity index (χ2n) is 3.61. The Morgan fingerprint density at radius 3 is 2.69 bits per heavy atom. The van der Waals surface area contributed by atoms with Gasteiger partial charge in [0.25, 0.3) is 0 Å². The van der Waals surface area contributed by atoms with E-state index < -0.39 is 0 Å². The average molecular weight is 273 g/mol. The molecule has 2 aromatic heterocycles. The minimum absolute atomic E-state index is 0.931. The monoisotopic (exact) mass is 272 g/mol. The Balaban J connectivity index is 2.22. The zero-order chi connectivity index (χ0) is 11.0. The number of benzene rings is 1. The molecule has 0 aliphatic heterocycles. The van der Waals surface area contributed by atoms with Crippen molar-refractivity contribution in [3.05, 3.63) is 53.3 Å². The smallest absolute Gasteiger partial charge is 0.137 e. The Labute approximate surface area is 101 Å². The number of hydrogen-bond donors (Lipinski definition) is 1. The van der Waals surface area contributed by atoms with E-state index in [-0.39, 0.29) is 0 Å². The van der Waals surface area contributed by atoms with Crippen molar-refractivity contribution < 1.29 is 0 Å². The number of H-pyrrole nitrogens is 1. The van der Waals surface area contributed by atoms with Crippen LogP contribution in [-0.2, 0) is 0 Å². The predicted molar refractivity (Wildman–Crippen MR) is 69.2 cm³/mol. The summed E-state index contributed by atoms with van der Waals surface area (Å²) in [6, 6.07) is 12.3. The van der Waals surface area contributed by atoms with Crippen molar-refractivity contribution in [2.24, 2.45) is 0 Å². The summed E-state index contributed by atoms with van der Waals surface area (Å²) in [5.74, 6) is 0. The van der Waals surface area contributed by atoms with Gasteiger partial charge in [-0.15, -0.1) is 0 Å². The minimum atomic E-state index is 0.931. The van der Waals surface area contributed by atoms with Gasteiger partial charge in [-0.2, -0.15) is 0 Å². The van der Waals surface area contributed by atoms with Crippen LogP contribution in [0.25, 0.3) is 22.2 Å². The van der Waals surface area contributed by atoms with E-state index in [0.717, 1.165) is 15.5 Å². The molecule has 1 aromatic carbocycles. The number of nitrogens with one attached hydrogen (secondary N) is 1. The number of rotatable bonds is 1. The standard InChI is InChI=1S/C13H9BrN2/c14-10-5-3-9(4-6-10)12-8-16-13-11(12)2-1-7-15-13/h1-8H,(H,15,16). The second-order valence-corrected chi connectivity index (χ2v) is 4.52. The third-order valence-electron chi connectivity index (χ3n) is 2.61. The molecule has 1 N–H and O–H groups in total. The van der Waals surface area contributed by atoms with E-state index in [1.807, 2.05) is 24.4 Å². The zero-order valence-corrected chi connectivity index (χ0v) is 10.0. The van der Waals surface area contributed by atoms with Crippen LogP contribution in [0.2, 0.25) is 0 Å². The third kappa shape index (κ3) is 1.53. The van der Waals surface area contributed by atoms with Gasteiger partial charge in [0.1, 0.15) is 5.65 Å². The van der Waals surface area contributed by atoms with E-state index in [2.05, 4.69) is 44.1 Å². The van der Waals surface area contributed by atoms with E-state index in [1.54, 1.807) is 6.20 Å². The molecule has 0 aliphatic carbocycles. The molecule has 3 aromatic rings. The number of nitrogens with zero attached hydrogens (tertiary/aromatic N) is 1. The predicted octanol–water partition coefficient (Wildman–Crippen LogP) is 3.99. The van der Waals surface area contributed by atoms with Crippen LogP contribution in [-0.4, -0.2) is 9.97 Å². The maximum absolute atomic E-state index is 4.28. The number of hydrogen-bond acceptors (Lipinski definition) is 1. The molecule has 3 heteroatoms. The highest BCUT2D eigenvalue weighted by Gasteiger charge is 2.05. The fraction of sp³-hybridized carbons (Fsp3) is 0. The highest BCUT2D eigenvalue weighted by molar-refractivity contribution is 9.10. The summed E-state index contributed by atoms with van der Waals surface area (Å²) in [6.07, 6.45) is 3.80. The van der Waals surface area contributed by atoms with Crippen molar-refractivity contribution in [3.63, 3.8) is 0 Å². The zero-order valence-electron chi connectivity index (χ0n) is 8.44. The lowest BCUT2D eigenvalue weighted by molar-refractivity contribution is 1.33. The Kier molecular flexibility index (Phi) is 2.26. The number of halogens is 1. The molecular weight excluding hydrogens is 264 g/mol. The van der Waals surface area contributed by atoms with Gasteiger partial charge in [0, 0.05) is 27.8 Å². The topological polar surface area (TPSA) is 28.7 Å². The van der Waals surface area contributed by atoms with E-state index in [0.29, 0.717) is 0 Å². The van der Waals surface area contributed by atoms with E-state index >= 15 is 0 Å². The molecule has 0 radical (unpaired) electrons. The SMILES string of the molecule is Brc1ccc(-c2c[nH]c3ncccc23)cc1. The molecule has 16 heavy (non-hydrogen) atoms. The highest BCUT2D eigenvalue weighted by Crippen LogP contribution is 2.28. The van der Waals surface area contributed by atoms with Crippen molar-refractivity contribution in [3.8, 4) is 11.1 Å². The van der Waals surface area contributed by atoms with Crippen molar-refractivity contribution in [2.45, 2.75) is 0 Å². The minimum Gasteiger partial charge on any atom is -0.346 e. The summed E-state index contributed by atoms with van der Waals surface area (Å²) in [5.41, 5.74) is 3.32. The van der Waals surface area contributed by atoms with Gasteiger partial charge in [0.2, 0.25) is 0 Å². The second kappa shape index (κ2) is 3.76. The molecular formula is C13H9BrN2. The average Bonchev–Trinajstić information content (AvgIpc) is 2.74. The number of aromatic nitrogens is 2. The van der Waals surface area contributed by atoms with Crippen LogP contribution in [0.4, 0.5) is 0 Å². The largest absolute Gasteiger partial charge is 0.346 e. The van der Waals surface area contributed by atoms with Crippen LogP contribution in [0, 0.1) is 0 Å². The Morgan fingerprint density at radius 2 is 1.88 bits per heavy atom. The van der Waals surface area contributed by atoms with Crippen molar-refractivity contribution >= 4 is 27.0 Å². The summed E-state index contributed by atoms with van der Waals surface area (Å²) in [4.78, 5) is 7.46. The van der Waals surface area contributed by atoms with Crippen LogP contribution < -0.4 is 0 Å². The lowest BCUT2D eigenvalue weighted by Crippen LogP contribution is -1.76. The molecule has 0 aliphatic rings. The molecule has 0 atom stereocenters. The number of fused-ring (bicyclic) bond motifs is 1. The maximum Gasteiger partial charge on any atom is 0.137 e. The highest BCUT2D eigenvalue weighted by atomic mass is 79.9.